The van der Waals surface area contributed by atoms with Gasteiger partial charge in [0, 0.05) is 22.4 Å². The number of fused-ring (bicyclic) bond motifs is 5. The zero-order chi connectivity index (χ0) is 32.7. The number of nitrogens with zero attached hydrogens (tertiary/aromatic N) is 1. The first-order chi connectivity index (χ1) is 22.5. The van der Waals surface area contributed by atoms with Crippen LogP contribution in [-0.2, 0) is 29.1 Å². The molecule has 0 atom stereocenters. The fourth-order valence-electron chi connectivity index (χ4n) is 9.32. The van der Waals surface area contributed by atoms with Crippen LogP contribution in [-0.4, -0.2) is 0 Å². The van der Waals surface area contributed by atoms with Crippen LogP contribution in [0.4, 0.5) is 17.1 Å². The number of hydrogen-bond donors (Lipinski definition) is 0. The van der Waals surface area contributed by atoms with Crippen LogP contribution in [0.1, 0.15) is 106 Å². The zero-order valence-electron chi connectivity index (χ0n) is 29.4. The van der Waals surface area contributed by atoms with E-state index in [4.69, 9.17) is 0 Å². The van der Waals surface area contributed by atoms with Gasteiger partial charge in [-0.15, -0.1) is 0 Å². The molecule has 3 aliphatic rings. The third kappa shape index (κ3) is 4.72. The van der Waals surface area contributed by atoms with Crippen LogP contribution in [0, 0.1) is 6.92 Å². The van der Waals surface area contributed by atoms with E-state index < -0.39 is 0 Å². The van der Waals surface area contributed by atoms with Crippen molar-refractivity contribution in [3.8, 4) is 22.3 Å². The van der Waals surface area contributed by atoms with Gasteiger partial charge in [0.25, 0.3) is 0 Å². The van der Waals surface area contributed by atoms with E-state index in [-0.39, 0.29) is 16.2 Å². The van der Waals surface area contributed by atoms with Crippen molar-refractivity contribution in [1.82, 2.24) is 0 Å². The molecule has 0 aromatic heterocycles. The largest absolute Gasteiger partial charge is 0.310 e. The molecule has 1 nitrogen and oxygen atoms in total. The average molecular weight is 616 g/mol. The lowest BCUT2D eigenvalue weighted by atomic mass is 9.61. The number of para-hydroxylation sites is 1. The van der Waals surface area contributed by atoms with E-state index in [9.17, 15) is 0 Å². The smallest absolute Gasteiger partial charge is 0.0543 e. The van der Waals surface area contributed by atoms with Crippen molar-refractivity contribution in [3.63, 3.8) is 0 Å². The molecule has 0 unspecified atom stereocenters. The molecule has 0 fully saturated rings. The molecule has 0 heterocycles. The van der Waals surface area contributed by atoms with Crippen LogP contribution in [0.2, 0.25) is 0 Å². The number of hydrogen-bond acceptors (Lipinski definition) is 1. The standard InChI is InChI=1S/C46H49N/c1-30-35(23-24-40-43(30)45(4,5)26-25-44(40,2)3)38-28-37-36-19-13-14-20-39(36)46(6,7)41(37)29-42(38)47(33-17-9-8-10-18-33)34-22-21-31-15-11-12-16-32(31)27-34/h8-10,13-14,17-24,27-29H,11-12,15-16,25-26H2,1-7H3. The molecule has 3 aliphatic carbocycles. The van der Waals surface area contributed by atoms with Crippen molar-refractivity contribution in [2.45, 2.75) is 103 Å². The molecule has 0 aliphatic heterocycles. The van der Waals surface area contributed by atoms with Gasteiger partial charge < -0.3 is 4.90 Å². The minimum Gasteiger partial charge on any atom is -0.310 e. The minimum absolute atomic E-state index is 0.0890. The van der Waals surface area contributed by atoms with Crippen LogP contribution in [0.15, 0.2) is 97.1 Å². The van der Waals surface area contributed by atoms with E-state index in [2.05, 4.69) is 150 Å². The second-order valence-electron chi connectivity index (χ2n) is 16.3. The Kier molecular flexibility index (Phi) is 6.89. The van der Waals surface area contributed by atoms with E-state index in [0.29, 0.717) is 0 Å². The SMILES string of the molecule is Cc1c(-c2cc3c(cc2N(c2ccccc2)c2ccc4c(c2)CCCC4)C(C)(C)c2ccccc2-3)ccc2c1C(C)(C)CCC2(C)C. The molecule has 0 bridgehead atoms. The highest BCUT2D eigenvalue weighted by Gasteiger charge is 2.40. The van der Waals surface area contributed by atoms with Crippen molar-refractivity contribution in [3.05, 3.63) is 136 Å². The quantitative estimate of drug-likeness (QED) is 0.194. The van der Waals surface area contributed by atoms with Gasteiger partial charge in [-0.25, -0.2) is 0 Å². The molecule has 1 heteroatoms. The third-order valence-electron chi connectivity index (χ3n) is 12.1. The number of benzene rings is 5. The molecule has 0 saturated heterocycles. The molecule has 238 valence electrons. The predicted molar refractivity (Wildman–Crippen MR) is 201 cm³/mol. The Morgan fingerprint density at radius 2 is 1.21 bits per heavy atom. The van der Waals surface area contributed by atoms with Gasteiger partial charge in [0.15, 0.2) is 0 Å². The van der Waals surface area contributed by atoms with Crippen LogP contribution in [0.3, 0.4) is 0 Å². The zero-order valence-corrected chi connectivity index (χ0v) is 29.4. The van der Waals surface area contributed by atoms with Crippen molar-refractivity contribution < 1.29 is 0 Å². The summed E-state index contributed by atoms with van der Waals surface area (Å²) in [6.45, 7) is 17.0. The summed E-state index contributed by atoms with van der Waals surface area (Å²) < 4.78 is 0. The first kappa shape index (κ1) is 30.2. The molecule has 5 aromatic rings. The predicted octanol–water partition coefficient (Wildman–Crippen LogP) is 12.7. The molecule has 5 aromatic carbocycles. The summed E-state index contributed by atoms with van der Waals surface area (Å²) in [5.74, 6) is 0. The molecular formula is C46H49N. The summed E-state index contributed by atoms with van der Waals surface area (Å²) in [6.07, 6.45) is 7.36. The highest BCUT2D eigenvalue weighted by Crippen LogP contribution is 2.55. The molecule has 0 amide bonds. The Bertz CT molecular complexity index is 2020. The van der Waals surface area contributed by atoms with Gasteiger partial charge in [-0.2, -0.15) is 0 Å². The minimum atomic E-state index is -0.0890. The van der Waals surface area contributed by atoms with E-state index in [0.717, 1.165) is 0 Å². The van der Waals surface area contributed by atoms with Crippen LogP contribution >= 0.6 is 0 Å². The number of aryl methyl sites for hydroxylation is 2. The van der Waals surface area contributed by atoms with Crippen molar-refractivity contribution in [2.75, 3.05) is 4.90 Å². The maximum absolute atomic E-state index is 2.55. The monoisotopic (exact) mass is 615 g/mol. The van der Waals surface area contributed by atoms with E-state index in [1.165, 1.54) is 111 Å². The van der Waals surface area contributed by atoms with Crippen molar-refractivity contribution in [1.29, 1.82) is 0 Å². The topological polar surface area (TPSA) is 3.24 Å². The second kappa shape index (κ2) is 10.7. The van der Waals surface area contributed by atoms with Crippen LogP contribution in [0.5, 0.6) is 0 Å². The average Bonchev–Trinajstić information content (AvgIpc) is 3.29. The maximum atomic E-state index is 2.55. The Hall–Kier alpha value is -4.10. The molecule has 0 saturated carbocycles. The third-order valence-corrected chi connectivity index (χ3v) is 12.1. The second-order valence-corrected chi connectivity index (χ2v) is 16.3. The van der Waals surface area contributed by atoms with Crippen molar-refractivity contribution >= 4 is 17.1 Å². The van der Waals surface area contributed by atoms with E-state index in [1.54, 1.807) is 5.56 Å². The molecule has 0 radical (unpaired) electrons. The van der Waals surface area contributed by atoms with Gasteiger partial charge >= 0.3 is 0 Å². The fraction of sp³-hybridized carbons (Fsp3) is 0.348. The lowest BCUT2D eigenvalue weighted by Gasteiger charge is -2.43. The molecule has 0 N–H and O–H groups in total. The Labute approximate surface area is 282 Å². The van der Waals surface area contributed by atoms with Crippen molar-refractivity contribution in [2.24, 2.45) is 0 Å². The normalized spacial score (nSPS) is 18.1. The van der Waals surface area contributed by atoms with E-state index in [1.807, 2.05) is 0 Å². The van der Waals surface area contributed by atoms with Gasteiger partial charge in [0.2, 0.25) is 0 Å². The molecule has 8 rings (SSSR count). The maximum Gasteiger partial charge on any atom is 0.0543 e. The first-order valence-electron chi connectivity index (χ1n) is 17.9. The Morgan fingerprint density at radius 1 is 0.511 bits per heavy atom. The Morgan fingerprint density at radius 3 is 2.00 bits per heavy atom. The molecule has 0 spiro atoms. The summed E-state index contributed by atoms with van der Waals surface area (Å²) in [6, 6.07) is 37.4. The molecular weight excluding hydrogens is 567 g/mol. The van der Waals surface area contributed by atoms with Crippen LogP contribution in [0.25, 0.3) is 22.3 Å². The summed E-state index contributed by atoms with van der Waals surface area (Å²) in [4.78, 5) is 2.55. The van der Waals surface area contributed by atoms with Gasteiger partial charge in [-0.3, -0.25) is 0 Å². The van der Waals surface area contributed by atoms with Gasteiger partial charge in [-0.05, 0) is 148 Å². The molecule has 47 heavy (non-hydrogen) atoms. The van der Waals surface area contributed by atoms with Gasteiger partial charge in [0.05, 0.1) is 5.69 Å². The number of anilines is 3. The van der Waals surface area contributed by atoms with Gasteiger partial charge in [-0.1, -0.05) is 102 Å². The first-order valence-corrected chi connectivity index (χ1v) is 17.9. The fourth-order valence-corrected chi connectivity index (χ4v) is 9.32. The number of rotatable bonds is 4. The van der Waals surface area contributed by atoms with E-state index >= 15 is 0 Å². The highest BCUT2D eigenvalue weighted by atomic mass is 15.1. The lowest BCUT2D eigenvalue weighted by molar-refractivity contribution is 0.330. The summed E-state index contributed by atoms with van der Waals surface area (Å²) >= 11 is 0. The summed E-state index contributed by atoms with van der Waals surface area (Å²) in [7, 11) is 0. The summed E-state index contributed by atoms with van der Waals surface area (Å²) in [5, 5.41) is 0. The lowest BCUT2D eigenvalue weighted by Crippen LogP contribution is -2.34. The summed E-state index contributed by atoms with van der Waals surface area (Å²) in [5.41, 5.74) is 19.7. The van der Waals surface area contributed by atoms with Crippen LogP contribution < -0.4 is 4.90 Å². The Balaban J connectivity index is 1.45. The van der Waals surface area contributed by atoms with Gasteiger partial charge in [0.1, 0.15) is 0 Å². The highest BCUT2D eigenvalue weighted by molar-refractivity contribution is 5.95.